The van der Waals surface area contributed by atoms with E-state index in [4.69, 9.17) is 5.11 Å². The van der Waals surface area contributed by atoms with Crippen LogP contribution in [0.25, 0.3) is 0 Å². The Kier molecular flexibility index (Phi) is 5.05. The van der Waals surface area contributed by atoms with Crippen LogP contribution < -0.4 is 10.2 Å². The molecular weight excluding hydrogens is 290 g/mol. The molecule has 1 saturated heterocycles. The number of anilines is 2. The van der Waals surface area contributed by atoms with Crippen molar-refractivity contribution >= 4 is 11.6 Å². The van der Waals surface area contributed by atoms with E-state index in [2.05, 4.69) is 32.1 Å². The van der Waals surface area contributed by atoms with Gasteiger partial charge in [-0.15, -0.1) is 0 Å². The van der Waals surface area contributed by atoms with E-state index in [-0.39, 0.29) is 6.61 Å². The molecule has 2 N–H and O–H groups in total. The molecule has 0 bridgehead atoms. The summed E-state index contributed by atoms with van der Waals surface area (Å²) in [5.74, 6) is 0.809. The number of hydrogen-bond donors (Lipinski definition) is 2. The Morgan fingerprint density at radius 2 is 1.83 bits per heavy atom. The normalized spacial score (nSPS) is 15.7. The van der Waals surface area contributed by atoms with Crippen LogP contribution in [0.1, 0.15) is 11.1 Å². The predicted molar refractivity (Wildman–Crippen MR) is 91.4 cm³/mol. The number of aliphatic hydroxyl groups is 1. The van der Waals surface area contributed by atoms with E-state index >= 15 is 0 Å². The van der Waals surface area contributed by atoms with Crippen molar-refractivity contribution in [2.24, 2.45) is 0 Å². The molecule has 3 rings (SSSR count). The highest BCUT2D eigenvalue weighted by Crippen LogP contribution is 2.13. The quantitative estimate of drug-likeness (QED) is 0.868. The van der Waals surface area contributed by atoms with Gasteiger partial charge in [0, 0.05) is 56.4 Å². The number of rotatable bonds is 5. The summed E-state index contributed by atoms with van der Waals surface area (Å²) in [5.41, 5.74) is 2.92. The van der Waals surface area contributed by atoms with E-state index in [1.165, 1.54) is 0 Å². The van der Waals surface area contributed by atoms with Gasteiger partial charge in [0.05, 0.1) is 6.61 Å². The summed E-state index contributed by atoms with van der Waals surface area (Å²) in [7, 11) is 2.14. The molecule has 0 amide bonds. The molecule has 1 aliphatic heterocycles. The van der Waals surface area contributed by atoms with E-state index < -0.39 is 0 Å². The van der Waals surface area contributed by atoms with E-state index in [1.807, 2.05) is 36.7 Å². The second kappa shape index (κ2) is 7.39. The largest absolute Gasteiger partial charge is 0.392 e. The Balaban J connectivity index is 1.57. The van der Waals surface area contributed by atoms with Crippen LogP contribution in [0.5, 0.6) is 0 Å². The first-order chi connectivity index (χ1) is 11.2. The summed E-state index contributed by atoms with van der Waals surface area (Å²) >= 11 is 0. The summed E-state index contributed by atoms with van der Waals surface area (Å²) in [6.07, 6.45) is 3.76. The van der Waals surface area contributed by atoms with Crippen molar-refractivity contribution < 1.29 is 5.11 Å². The molecule has 1 aromatic heterocycles. The van der Waals surface area contributed by atoms with Gasteiger partial charge in [-0.3, -0.25) is 0 Å². The van der Waals surface area contributed by atoms with Crippen molar-refractivity contribution in [3.8, 4) is 0 Å². The van der Waals surface area contributed by atoms with Gasteiger partial charge in [0.1, 0.15) is 0 Å². The van der Waals surface area contributed by atoms with Gasteiger partial charge in [0.2, 0.25) is 5.95 Å². The first kappa shape index (κ1) is 15.7. The minimum Gasteiger partial charge on any atom is -0.392 e. The molecule has 2 heterocycles. The monoisotopic (exact) mass is 313 g/mol. The third-order valence-electron chi connectivity index (χ3n) is 4.08. The first-order valence-corrected chi connectivity index (χ1v) is 7.92. The molecule has 0 atom stereocenters. The molecule has 1 fully saturated rings. The zero-order valence-corrected chi connectivity index (χ0v) is 13.4. The van der Waals surface area contributed by atoms with Crippen LogP contribution in [0, 0.1) is 0 Å². The van der Waals surface area contributed by atoms with Gasteiger partial charge in [0.15, 0.2) is 0 Å². The molecule has 0 radical (unpaired) electrons. The maximum absolute atomic E-state index is 9.16. The predicted octanol–water partition coefficient (Wildman–Crippen LogP) is 1.33. The number of nitrogens with one attached hydrogen (secondary N) is 1. The standard InChI is InChI=1S/C17H23N5O/c1-21-5-7-22(8-6-21)17-19-11-15(12-20-17)10-18-16-4-2-3-14(9-16)13-23/h2-4,9,11-12,18,23H,5-8,10,13H2,1H3. The van der Waals surface area contributed by atoms with Crippen LogP contribution in [0.3, 0.4) is 0 Å². The molecule has 23 heavy (non-hydrogen) atoms. The Bertz CT molecular complexity index is 623. The fourth-order valence-corrected chi connectivity index (χ4v) is 2.59. The summed E-state index contributed by atoms with van der Waals surface area (Å²) < 4.78 is 0. The maximum atomic E-state index is 9.16. The fraction of sp³-hybridized carbons (Fsp3) is 0.412. The van der Waals surface area contributed by atoms with Gasteiger partial charge >= 0.3 is 0 Å². The minimum atomic E-state index is 0.0539. The number of piperazine rings is 1. The molecule has 0 saturated carbocycles. The molecule has 122 valence electrons. The number of hydrogen-bond acceptors (Lipinski definition) is 6. The Hall–Kier alpha value is -2.18. The molecule has 2 aromatic rings. The Labute approximate surface area is 136 Å². The third kappa shape index (κ3) is 4.18. The SMILES string of the molecule is CN1CCN(c2ncc(CNc3cccc(CO)c3)cn2)CC1. The molecule has 0 unspecified atom stereocenters. The second-order valence-electron chi connectivity index (χ2n) is 5.89. The summed E-state index contributed by atoms with van der Waals surface area (Å²) in [4.78, 5) is 13.5. The average Bonchev–Trinajstić information content (AvgIpc) is 2.61. The van der Waals surface area contributed by atoms with Crippen LogP contribution in [0.4, 0.5) is 11.6 Å². The van der Waals surface area contributed by atoms with Gasteiger partial charge in [0.25, 0.3) is 0 Å². The van der Waals surface area contributed by atoms with Crippen molar-refractivity contribution in [1.29, 1.82) is 0 Å². The lowest BCUT2D eigenvalue weighted by molar-refractivity contribution is 0.282. The molecular formula is C17H23N5O. The van der Waals surface area contributed by atoms with Crippen molar-refractivity contribution in [2.75, 3.05) is 43.4 Å². The molecule has 6 nitrogen and oxygen atoms in total. The minimum absolute atomic E-state index is 0.0539. The second-order valence-corrected chi connectivity index (χ2v) is 5.89. The number of aromatic nitrogens is 2. The number of benzene rings is 1. The van der Waals surface area contributed by atoms with Crippen LogP contribution in [-0.2, 0) is 13.2 Å². The summed E-state index contributed by atoms with van der Waals surface area (Å²) in [5, 5.41) is 12.5. The number of likely N-dealkylation sites (N-methyl/N-ethyl adjacent to an activating group) is 1. The molecule has 0 spiro atoms. The van der Waals surface area contributed by atoms with Crippen LogP contribution in [0.15, 0.2) is 36.7 Å². The van der Waals surface area contributed by atoms with Crippen molar-refractivity contribution in [2.45, 2.75) is 13.2 Å². The Morgan fingerprint density at radius 3 is 2.52 bits per heavy atom. The van der Waals surface area contributed by atoms with Gasteiger partial charge in [-0.2, -0.15) is 0 Å². The van der Waals surface area contributed by atoms with Crippen LogP contribution >= 0.6 is 0 Å². The van der Waals surface area contributed by atoms with Crippen LogP contribution in [0.2, 0.25) is 0 Å². The van der Waals surface area contributed by atoms with Crippen molar-refractivity contribution in [3.05, 3.63) is 47.8 Å². The average molecular weight is 313 g/mol. The van der Waals surface area contributed by atoms with Gasteiger partial charge < -0.3 is 20.2 Å². The summed E-state index contributed by atoms with van der Waals surface area (Å²) in [6, 6.07) is 7.76. The number of aliphatic hydroxyl groups excluding tert-OH is 1. The van der Waals surface area contributed by atoms with Gasteiger partial charge in [-0.05, 0) is 24.7 Å². The molecule has 0 aliphatic carbocycles. The highest BCUT2D eigenvalue weighted by atomic mass is 16.3. The van der Waals surface area contributed by atoms with Crippen molar-refractivity contribution in [3.63, 3.8) is 0 Å². The lowest BCUT2D eigenvalue weighted by Crippen LogP contribution is -2.45. The van der Waals surface area contributed by atoms with E-state index in [0.29, 0.717) is 6.54 Å². The zero-order valence-electron chi connectivity index (χ0n) is 13.4. The zero-order chi connectivity index (χ0) is 16.1. The smallest absolute Gasteiger partial charge is 0.225 e. The Morgan fingerprint density at radius 1 is 1.09 bits per heavy atom. The maximum Gasteiger partial charge on any atom is 0.225 e. The lowest BCUT2D eigenvalue weighted by atomic mass is 10.2. The molecule has 6 heteroatoms. The highest BCUT2D eigenvalue weighted by molar-refractivity contribution is 5.46. The van der Waals surface area contributed by atoms with E-state index in [1.54, 1.807) is 0 Å². The van der Waals surface area contributed by atoms with Gasteiger partial charge in [-0.1, -0.05) is 12.1 Å². The van der Waals surface area contributed by atoms with E-state index in [9.17, 15) is 0 Å². The number of nitrogens with zero attached hydrogens (tertiary/aromatic N) is 4. The fourth-order valence-electron chi connectivity index (χ4n) is 2.59. The summed E-state index contributed by atoms with van der Waals surface area (Å²) in [6.45, 7) is 4.77. The highest BCUT2D eigenvalue weighted by Gasteiger charge is 2.15. The first-order valence-electron chi connectivity index (χ1n) is 7.92. The molecule has 1 aromatic carbocycles. The third-order valence-corrected chi connectivity index (χ3v) is 4.08. The van der Waals surface area contributed by atoms with Crippen molar-refractivity contribution in [1.82, 2.24) is 14.9 Å². The van der Waals surface area contributed by atoms with Gasteiger partial charge in [-0.25, -0.2) is 9.97 Å². The van der Waals surface area contributed by atoms with E-state index in [0.717, 1.165) is 48.9 Å². The molecule has 1 aliphatic rings. The lowest BCUT2D eigenvalue weighted by Gasteiger charge is -2.32. The topological polar surface area (TPSA) is 64.5 Å². The van der Waals surface area contributed by atoms with Crippen LogP contribution in [-0.4, -0.2) is 53.2 Å².